The lowest BCUT2D eigenvalue weighted by Gasteiger charge is -2.46. The Labute approximate surface area is 111 Å². The third kappa shape index (κ3) is 2.71. The Morgan fingerprint density at radius 1 is 1.17 bits per heavy atom. The maximum absolute atomic E-state index is 12.6. The molecular formula is C15H28N2O. The minimum atomic E-state index is -0.363. The largest absolute Gasteiger partial charge is 0.338 e. The molecule has 0 aromatic heterocycles. The molecule has 0 spiro atoms. The first kappa shape index (κ1) is 13.9. The summed E-state index contributed by atoms with van der Waals surface area (Å²) in [7, 11) is 0. The summed E-state index contributed by atoms with van der Waals surface area (Å²) in [6, 6.07) is 0.117. The number of fused-ring (bicyclic) bond motifs is 1. The molecule has 2 fully saturated rings. The predicted molar refractivity (Wildman–Crippen MR) is 74.1 cm³/mol. The van der Waals surface area contributed by atoms with Gasteiger partial charge in [-0.3, -0.25) is 4.79 Å². The van der Waals surface area contributed by atoms with Crippen molar-refractivity contribution in [3.05, 3.63) is 0 Å². The molecule has 0 bridgehead atoms. The topological polar surface area (TPSA) is 46.3 Å². The van der Waals surface area contributed by atoms with Gasteiger partial charge in [0.25, 0.3) is 0 Å². The van der Waals surface area contributed by atoms with Crippen LogP contribution in [0.4, 0.5) is 0 Å². The lowest BCUT2D eigenvalue weighted by atomic mass is 9.77. The zero-order valence-corrected chi connectivity index (χ0v) is 12.1. The van der Waals surface area contributed by atoms with Crippen LogP contribution in [0.15, 0.2) is 0 Å². The predicted octanol–water partition coefficient (Wildman–Crippen LogP) is 2.54. The van der Waals surface area contributed by atoms with E-state index in [1.165, 1.54) is 32.1 Å². The third-order valence-electron chi connectivity index (χ3n) is 4.73. The standard InChI is InChI=1S/C15H28N2O/c1-15(2,3)13(16)14(18)17-10-6-8-11-7-4-5-9-12(11)17/h11-13H,4-10,16H2,1-3H3/t11-,12-,13?/m1/s1. The van der Waals surface area contributed by atoms with Crippen LogP contribution in [0, 0.1) is 11.3 Å². The maximum atomic E-state index is 12.6. The van der Waals surface area contributed by atoms with Gasteiger partial charge in [-0.15, -0.1) is 0 Å². The Balaban J connectivity index is 2.09. The van der Waals surface area contributed by atoms with E-state index in [-0.39, 0.29) is 17.4 Å². The van der Waals surface area contributed by atoms with Crippen molar-refractivity contribution in [3.8, 4) is 0 Å². The van der Waals surface area contributed by atoms with Gasteiger partial charge < -0.3 is 10.6 Å². The van der Waals surface area contributed by atoms with Crippen LogP contribution in [-0.4, -0.2) is 29.4 Å². The first-order valence-corrected chi connectivity index (χ1v) is 7.47. The van der Waals surface area contributed by atoms with Gasteiger partial charge in [-0.1, -0.05) is 33.6 Å². The summed E-state index contributed by atoms with van der Waals surface area (Å²) in [5, 5.41) is 0. The van der Waals surface area contributed by atoms with Crippen molar-refractivity contribution in [3.63, 3.8) is 0 Å². The van der Waals surface area contributed by atoms with E-state index in [2.05, 4.69) is 25.7 Å². The summed E-state index contributed by atoms with van der Waals surface area (Å²) in [5.74, 6) is 0.919. The minimum Gasteiger partial charge on any atom is -0.338 e. The second-order valence-corrected chi connectivity index (χ2v) is 7.13. The Bertz CT molecular complexity index is 306. The molecule has 0 aromatic carbocycles. The highest BCUT2D eigenvalue weighted by Crippen LogP contribution is 2.36. The minimum absolute atomic E-state index is 0.140. The molecule has 2 aliphatic rings. The molecule has 1 amide bonds. The van der Waals surface area contributed by atoms with E-state index in [9.17, 15) is 4.79 Å². The number of likely N-dealkylation sites (tertiary alicyclic amines) is 1. The van der Waals surface area contributed by atoms with Gasteiger partial charge in [0, 0.05) is 12.6 Å². The lowest BCUT2D eigenvalue weighted by Crippen LogP contribution is -2.57. The summed E-state index contributed by atoms with van der Waals surface area (Å²) in [6.45, 7) is 7.08. The number of amides is 1. The van der Waals surface area contributed by atoms with Crippen molar-refractivity contribution in [2.45, 2.75) is 71.4 Å². The average molecular weight is 252 g/mol. The molecule has 0 radical (unpaired) electrons. The lowest BCUT2D eigenvalue weighted by molar-refractivity contribution is -0.141. The molecule has 104 valence electrons. The van der Waals surface area contributed by atoms with Gasteiger partial charge >= 0.3 is 0 Å². The smallest absolute Gasteiger partial charge is 0.240 e. The molecule has 1 aliphatic carbocycles. The number of hydrogen-bond donors (Lipinski definition) is 1. The van der Waals surface area contributed by atoms with Crippen LogP contribution in [0.2, 0.25) is 0 Å². The van der Waals surface area contributed by atoms with E-state index in [0.717, 1.165) is 18.9 Å². The quantitative estimate of drug-likeness (QED) is 0.779. The molecule has 1 heterocycles. The molecule has 1 saturated heterocycles. The van der Waals surface area contributed by atoms with E-state index >= 15 is 0 Å². The average Bonchev–Trinajstić information content (AvgIpc) is 2.35. The summed E-state index contributed by atoms with van der Waals surface area (Å²) >= 11 is 0. The number of piperidine rings is 1. The van der Waals surface area contributed by atoms with E-state index in [4.69, 9.17) is 5.73 Å². The Morgan fingerprint density at radius 3 is 2.44 bits per heavy atom. The Morgan fingerprint density at radius 2 is 1.78 bits per heavy atom. The zero-order valence-electron chi connectivity index (χ0n) is 12.1. The normalized spacial score (nSPS) is 30.8. The second-order valence-electron chi connectivity index (χ2n) is 7.13. The van der Waals surface area contributed by atoms with Crippen molar-refractivity contribution < 1.29 is 4.79 Å². The van der Waals surface area contributed by atoms with Crippen molar-refractivity contribution in [1.82, 2.24) is 4.90 Å². The monoisotopic (exact) mass is 252 g/mol. The van der Waals surface area contributed by atoms with Crippen molar-refractivity contribution in [1.29, 1.82) is 0 Å². The zero-order chi connectivity index (χ0) is 13.3. The van der Waals surface area contributed by atoms with Crippen LogP contribution in [0.1, 0.15) is 59.3 Å². The molecule has 18 heavy (non-hydrogen) atoms. The van der Waals surface area contributed by atoms with E-state index < -0.39 is 0 Å². The van der Waals surface area contributed by atoms with Crippen LogP contribution < -0.4 is 5.73 Å². The van der Waals surface area contributed by atoms with E-state index in [0.29, 0.717) is 6.04 Å². The van der Waals surface area contributed by atoms with Gasteiger partial charge in [0.15, 0.2) is 0 Å². The second kappa shape index (κ2) is 5.20. The number of carbonyl (C=O) groups excluding carboxylic acids is 1. The van der Waals surface area contributed by atoms with Crippen LogP contribution in [0.3, 0.4) is 0 Å². The number of nitrogens with zero attached hydrogens (tertiary/aromatic N) is 1. The van der Waals surface area contributed by atoms with E-state index in [1.54, 1.807) is 0 Å². The molecule has 1 unspecified atom stereocenters. The first-order valence-electron chi connectivity index (χ1n) is 7.47. The van der Waals surface area contributed by atoms with Crippen LogP contribution in [-0.2, 0) is 4.79 Å². The molecule has 3 heteroatoms. The summed E-state index contributed by atoms with van der Waals surface area (Å²) in [5.41, 5.74) is 6.02. The molecule has 2 rings (SSSR count). The SMILES string of the molecule is CC(C)(C)C(N)C(=O)N1CCC[C@H]2CCCC[C@H]21. The fraction of sp³-hybridized carbons (Fsp3) is 0.933. The summed E-state index contributed by atoms with van der Waals surface area (Å²) in [4.78, 5) is 14.7. The number of rotatable bonds is 1. The van der Waals surface area contributed by atoms with Gasteiger partial charge in [-0.25, -0.2) is 0 Å². The highest BCUT2D eigenvalue weighted by molar-refractivity contribution is 5.83. The summed E-state index contributed by atoms with van der Waals surface area (Å²) < 4.78 is 0. The number of nitrogens with two attached hydrogens (primary N) is 1. The van der Waals surface area contributed by atoms with Crippen LogP contribution >= 0.6 is 0 Å². The van der Waals surface area contributed by atoms with Gasteiger partial charge in [0.1, 0.15) is 0 Å². The van der Waals surface area contributed by atoms with Gasteiger partial charge in [-0.2, -0.15) is 0 Å². The Hall–Kier alpha value is -0.570. The highest BCUT2D eigenvalue weighted by Gasteiger charge is 2.39. The number of carbonyl (C=O) groups is 1. The van der Waals surface area contributed by atoms with Crippen molar-refractivity contribution in [2.75, 3.05) is 6.54 Å². The molecular weight excluding hydrogens is 224 g/mol. The fourth-order valence-electron chi connectivity index (χ4n) is 3.45. The fourth-order valence-corrected chi connectivity index (χ4v) is 3.45. The van der Waals surface area contributed by atoms with Gasteiger partial charge in [-0.05, 0) is 37.0 Å². The molecule has 3 atom stereocenters. The van der Waals surface area contributed by atoms with Crippen LogP contribution in [0.25, 0.3) is 0 Å². The van der Waals surface area contributed by atoms with Crippen LogP contribution in [0.5, 0.6) is 0 Å². The van der Waals surface area contributed by atoms with Crippen molar-refractivity contribution >= 4 is 5.91 Å². The molecule has 1 saturated carbocycles. The molecule has 1 aliphatic heterocycles. The molecule has 3 nitrogen and oxygen atoms in total. The third-order valence-corrected chi connectivity index (χ3v) is 4.73. The summed E-state index contributed by atoms with van der Waals surface area (Å²) in [6.07, 6.45) is 7.57. The van der Waals surface area contributed by atoms with Gasteiger partial charge in [0.05, 0.1) is 6.04 Å². The van der Waals surface area contributed by atoms with E-state index in [1.807, 2.05) is 0 Å². The highest BCUT2D eigenvalue weighted by atomic mass is 16.2. The first-order chi connectivity index (χ1) is 8.41. The van der Waals surface area contributed by atoms with Gasteiger partial charge in [0.2, 0.25) is 5.91 Å². The molecule has 0 aromatic rings. The Kier molecular flexibility index (Phi) is 4.00. The number of hydrogen-bond acceptors (Lipinski definition) is 2. The molecule has 2 N–H and O–H groups in total. The maximum Gasteiger partial charge on any atom is 0.240 e. The van der Waals surface area contributed by atoms with Crippen molar-refractivity contribution in [2.24, 2.45) is 17.1 Å².